The maximum Gasteiger partial charge on any atom is 0.0267 e. The average molecular weight is 185 g/mol. The number of pyridine rings is 1. The SMILES string of the molecule is CCS(=O)CC.c1ccncc1. The second-order valence-corrected chi connectivity index (χ2v) is 4.08. The molecule has 1 aromatic heterocycles. The van der Waals surface area contributed by atoms with Crippen LogP contribution in [0.25, 0.3) is 0 Å². The average Bonchev–Trinajstić information content (AvgIpc) is 2.20. The highest BCUT2D eigenvalue weighted by atomic mass is 32.2. The molecule has 0 saturated carbocycles. The molecule has 0 radical (unpaired) electrons. The lowest BCUT2D eigenvalue weighted by Gasteiger charge is -1.84. The Hall–Kier alpha value is -0.700. The van der Waals surface area contributed by atoms with Gasteiger partial charge in [-0.1, -0.05) is 19.9 Å². The summed E-state index contributed by atoms with van der Waals surface area (Å²) in [5.41, 5.74) is 0. The van der Waals surface area contributed by atoms with Gasteiger partial charge in [-0.3, -0.25) is 9.19 Å². The van der Waals surface area contributed by atoms with Crippen LogP contribution in [-0.2, 0) is 10.8 Å². The molecule has 0 atom stereocenters. The first-order chi connectivity index (χ1) is 5.81. The summed E-state index contributed by atoms with van der Waals surface area (Å²) in [5.74, 6) is 1.60. The van der Waals surface area contributed by atoms with Crippen molar-refractivity contribution in [2.45, 2.75) is 13.8 Å². The highest BCUT2D eigenvalue weighted by Gasteiger charge is 1.83. The van der Waals surface area contributed by atoms with Crippen LogP contribution >= 0.6 is 0 Å². The van der Waals surface area contributed by atoms with E-state index >= 15 is 0 Å². The third kappa shape index (κ3) is 7.41. The second-order valence-electron chi connectivity index (χ2n) is 2.04. The van der Waals surface area contributed by atoms with Crippen molar-refractivity contribution in [1.29, 1.82) is 0 Å². The summed E-state index contributed by atoms with van der Waals surface area (Å²) in [6, 6.07) is 5.72. The van der Waals surface area contributed by atoms with Crippen molar-refractivity contribution in [2.75, 3.05) is 11.5 Å². The molecule has 0 fully saturated rings. The molecular formula is C9H15NOS. The zero-order valence-electron chi connectivity index (χ0n) is 7.56. The van der Waals surface area contributed by atoms with Gasteiger partial charge in [0.25, 0.3) is 0 Å². The third-order valence-electron chi connectivity index (χ3n) is 1.21. The lowest BCUT2D eigenvalue weighted by molar-refractivity contribution is 0.684. The molecule has 0 aliphatic rings. The van der Waals surface area contributed by atoms with Crippen molar-refractivity contribution in [2.24, 2.45) is 0 Å². The summed E-state index contributed by atoms with van der Waals surface area (Å²) in [6.45, 7) is 3.86. The van der Waals surface area contributed by atoms with E-state index in [9.17, 15) is 4.21 Å². The molecule has 0 aromatic carbocycles. The van der Waals surface area contributed by atoms with Gasteiger partial charge in [-0.05, 0) is 12.1 Å². The molecule has 0 bridgehead atoms. The highest BCUT2D eigenvalue weighted by molar-refractivity contribution is 7.84. The molecule has 0 N–H and O–H groups in total. The van der Waals surface area contributed by atoms with Crippen molar-refractivity contribution in [3.8, 4) is 0 Å². The highest BCUT2D eigenvalue weighted by Crippen LogP contribution is 1.75. The van der Waals surface area contributed by atoms with Gasteiger partial charge >= 0.3 is 0 Å². The maximum atomic E-state index is 10.3. The largest absolute Gasteiger partial charge is 0.265 e. The van der Waals surface area contributed by atoms with Crippen LogP contribution in [0.4, 0.5) is 0 Å². The van der Waals surface area contributed by atoms with E-state index in [4.69, 9.17) is 0 Å². The number of nitrogens with zero attached hydrogens (tertiary/aromatic N) is 1. The fourth-order valence-electron chi connectivity index (χ4n) is 0.517. The molecule has 68 valence electrons. The van der Waals surface area contributed by atoms with E-state index in [1.807, 2.05) is 32.0 Å². The summed E-state index contributed by atoms with van der Waals surface area (Å²) >= 11 is 0. The molecule has 2 nitrogen and oxygen atoms in total. The molecule has 0 unspecified atom stereocenters. The smallest absolute Gasteiger partial charge is 0.0267 e. The third-order valence-corrected chi connectivity index (χ3v) is 2.50. The van der Waals surface area contributed by atoms with E-state index in [-0.39, 0.29) is 0 Å². The van der Waals surface area contributed by atoms with Crippen LogP contribution in [0, 0.1) is 0 Å². The molecule has 0 saturated heterocycles. The molecular weight excluding hydrogens is 170 g/mol. The van der Waals surface area contributed by atoms with Crippen molar-refractivity contribution in [3.63, 3.8) is 0 Å². The molecule has 0 spiro atoms. The van der Waals surface area contributed by atoms with Crippen LogP contribution in [0.5, 0.6) is 0 Å². The summed E-state index contributed by atoms with van der Waals surface area (Å²) in [4.78, 5) is 3.78. The fraction of sp³-hybridized carbons (Fsp3) is 0.444. The monoisotopic (exact) mass is 185 g/mol. The Bertz CT molecular complexity index is 168. The van der Waals surface area contributed by atoms with E-state index in [0.717, 1.165) is 11.5 Å². The lowest BCUT2D eigenvalue weighted by Crippen LogP contribution is -1.93. The first-order valence-electron chi connectivity index (χ1n) is 4.01. The van der Waals surface area contributed by atoms with Crippen LogP contribution in [0.2, 0.25) is 0 Å². The molecule has 1 heterocycles. The van der Waals surface area contributed by atoms with Gasteiger partial charge in [-0.15, -0.1) is 0 Å². The molecule has 0 aliphatic heterocycles. The van der Waals surface area contributed by atoms with E-state index < -0.39 is 10.8 Å². The molecule has 0 amide bonds. The quantitative estimate of drug-likeness (QED) is 0.704. The fourth-order valence-corrected chi connectivity index (χ4v) is 0.925. The topological polar surface area (TPSA) is 30.0 Å². The van der Waals surface area contributed by atoms with Crippen LogP contribution in [0.15, 0.2) is 30.6 Å². The van der Waals surface area contributed by atoms with Crippen LogP contribution in [-0.4, -0.2) is 20.7 Å². The summed E-state index contributed by atoms with van der Waals surface area (Å²) in [6.07, 6.45) is 3.50. The first-order valence-corrected chi connectivity index (χ1v) is 5.50. The molecule has 12 heavy (non-hydrogen) atoms. The Balaban J connectivity index is 0.000000202. The maximum absolute atomic E-state index is 10.3. The Morgan fingerprint density at radius 1 is 1.08 bits per heavy atom. The van der Waals surface area contributed by atoms with Gasteiger partial charge in [0.2, 0.25) is 0 Å². The Morgan fingerprint density at radius 3 is 1.67 bits per heavy atom. The summed E-state index contributed by atoms with van der Waals surface area (Å²) in [5, 5.41) is 0. The van der Waals surface area contributed by atoms with Crippen molar-refractivity contribution < 1.29 is 4.21 Å². The Labute approximate surface area is 76.5 Å². The minimum atomic E-state index is -0.534. The van der Waals surface area contributed by atoms with Crippen molar-refractivity contribution >= 4 is 10.8 Å². The zero-order valence-corrected chi connectivity index (χ0v) is 8.38. The van der Waals surface area contributed by atoms with Crippen molar-refractivity contribution in [3.05, 3.63) is 30.6 Å². The predicted molar refractivity (Wildman–Crippen MR) is 53.5 cm³/mol. The normalized spacial score (nSPS) is 8.92. The van der Waals surface area contributed by atoms with E-state index in [2.05, 4.69) is 4.98 Å². The predicted octanol–water partition coefficient (Wildman–Crippen LogP) is 1.86. The van der Waals surface area contributed by atoms with Gasteiger partial charge in [0, 0.05) is 34.7 Å². The lowest BCUT2D eigenvalue weighted by atomic mass is 10.5. The summed E-state index contributed by atoms with van der Waals surface area (Å²) < 4.78 is 10.3. The van der Waals surface area contributed by atoms with Gasteiger partial charge in [-0.2, -0.15) is 0 Å². The molecule has 3 heteroatoms. The van der Waals surface area contributed by atoms with Gasteiger partial charge in [-0.25, -0.2) is 0 Å². The molecule has 0 aliphatic carbocycles. The van der Waals surface area contributed by atoms with Crippen LogP contribution in [0.3, 0.4) is 0 Å². The molecule has 1 rings (SSSR count). The number of rotatable bonds is 2. The number of aromatic nitrogens is 1. The van der Waals surface area contributed by atoms with E-state index in [1.54, 1.807) is 12.4 Å². The minimum Gasteiger partial charge on any atom is -0.265 e. The van der Waals surface area contributed by atoms with Crippen LogP contribution < -0.4 is 0 Å². The minimum absolute atomic E-state index is 0.534. The van der Waals surface area contributed by atoms with Gasteiger partial charge < -0.3 is 0 Å². The van der Waals surface area contributed by atoms with Gasteiger partial charge in [0.05, 0.1) is 0 Å². The van der Waals surface area contributed by atoms with Crippen LogP contribution in [0.1, 0.15) is 13.8 Å². The number of hydrogen-bond donors (Lipinski definition) is 0. The Kier molecular flexibility index (Phi) is 7.91. The van der Waals surface area contributed by atoms with E-state index in [0.29, 0.717) is 0 Å². The van der Waals surface area contributed by atoms with Crippen molar-refractivity contribution in [1.82, 2.24) is 4.98 Å². The standard InChI is InChI=1S/C5H5N.C4H10OS/c1-2-4-6-5-3-1;1-3-6(5)4-2/h1-5H;3-4H2,1-2H3. The number of hydrogen-bond acceptors (Lipinski definition) is 2. The Morgan fingerprint density at radius 2 is 1.58 bits per heavy atom. The van der Waals surface area contributed by atoms with Gasteiger partial charge in [0.15, 0.2) is 0 Å². The van der Waals surface area contributed by atoms with E-state index in [1.165, 1.54) is 0 Å². The van der Waals surface area contributed by atoms with Gasteiger partial charge in [0.1, 0.15) is 0 Å². The summed E-state index contributed by atoms with van der Waals surface area (Å²) in [7, 11) is -0.534. The second kappa shape index (κ2) is 8.40. The zero-order chi connectivity index (χ0) is 9.23. The first kappa shape index (κ1) is 11.3. The molecule has 1 aromatic rings.